The van der Waals surface area contributed by atoms with Crippen LogP contribution in [0.15, 0.2) is 42.5 Å². The van der Waals surface area contributed by atoms with Crippen molar-refractivity contribution >= 4 is 5.97 Å². The smallest absolute Gasteiger partial charge is 0.335 e. The molecule has 0 fully saturated rings. The molecular weight excluding hydrogens is 330 g/mol. The van der Waals surface area contributed by atoms with E-state index in [1.165, 1.54) is 0 Å². The van der Waals surface area contributed by atoms with E-state index in [1.54, 1.807) is 16.8 Å². The number of tetrazole rings is 1. The highest BCUT2D eigenvalue weighted by Gasteiger charge is 2.19. The lowest BCUT2D eigenvalue weighted by Crippen LogP contribution is -2.21. The zero-order chi connectivity index (χ0) is 18.8. The van der Waals surface area contributed by atoms with Gasteiger partial charge in [-0.05, 0) is 67.7 Å². The fourth-order valence-electron chi connectivity index (χ4n) is 2.64. The highest BCUT2D eigenvalue weighted by atomic mass is 16.4. The van der Waals surface area contributed by atoms with E-state index in [9.17, 15) is 9.90 Å². The van der Waals surface area contributed by atoms with Crippen molar-refractivity contribution in [3.63, 3.8) is 0 Å². The number of hydrogen-bond donors (Lipinski definition) is 1. The summed E-state index contributed by atoms with van der Waals surface area (Å²) in [4.78, 5) is 13.6. The van der Waals surface area contributed by atoms with Gasteiger partial charge in [-0.3, -0.25) is 4.90 Å². The summed E-state index contributed by atoms with van der Waals surface area (Å²) < 4.78 is 1.59. The van der Waals surface area contributed by atoms with Gasteiger partial charge in [0.05, 0.1) is 17.3 Å². The Morgan fingerprint density at radius 1 is 1.12 bits per heavy atom. The lowest BCUT2D eigenvalue weighted by Gasteiger charge is -2.19. The van der Waals surface area contributed by atoms with Gasteiger partial charge in [0.2, 0.25) is 0 Å². The maximum Gasteiger partial charge on any atom is 0.335 e. The second-order valence-electron chi connectivity index (χ2n) is 6.53. The Kier molecular flexibility index (Phi) is 4.81. The number of hydrogen-bond acceptors (Lipinski definition) is 5. The minimum Gasteiger partial charge on any atom is -0.478 e. The number of rotatable bonds is 5. The van der Waals surface area contributed by atoms with Crippen LogP contribution in [-0.4, -0.2) is 50.3 Å². The molecule has 0 aliphatic rings. The second kappa shape index (κ2) is 7.05. The van der Waals surface area contributed by atoms with E-state index in [0.29, 0.717) is 11.5 Å². The number of carbonyl (C=O) groups is 1. The van der Waals surface area contributed by atoms with E-state index in [0.717, 1.165) is 16.7 Å². The summed E-state index contributed by atoms with van der Waals surface area (Å²) in [6.45, 7) is 4.00. The number of carboxylic acid groups (broad SMARTS) is 1. The number of aryl methyl sites for hydroxylation is 1. The van der Waals surface area contributed by atoms with E-state index in [1.807, 2.05) is 63.2 Å². The summed E-state index contributed by atoms with van der Waals surface area (Å²) in [6.07, 6.45) is 0. The van der Waals surface area contributed by atoms with Gasteiger partial charge in [-0.25, -0.2) is 4.79 Å². The first-order valence-electron chi connectivity index (χ1n) is 8.27. The Morgan fingerprint density at radius 3 is 2.42 bits per heavy atom. The fourth-order valence-corrected chi connectivity index (χ4v) is 2.64. The first-order chi connectivity index (χ1) is 12.4. The molecule has 1 heterocycles. The lowest BCUT2D eigenvalue weighted by atomic mass is 10.0. The van der Waals surface area contributed by atoms with Crippen LogP contribution in [-0.2, 0) is 0 Å². The molecule has 0 bridgehead atoms. The van der Waals surface area contributed by atoms with Gasteiger partial charge >= 0.3 is 5.97 Å². The molecule has 3 rings (SSSR count). The average molecular weight is 351 g/mol. The molecule has 0 radical (unpaired) electrons. The minimum absolute atomic E-state index is 0.0266. The molecule has 134 valence electrons. The number of carboxylic acids is 1. The summed E-state index contributed by atoms with van der Waals surface area (Å²) in [5.74, 6) is -0.345. The predicted octanol–water partition coefficient (Wildman–Crippen LogP) is 2.96. The van der Waals surface area contributed by atoms with Crippen LogP contribution in [0, 0.1) is 6.92 Å². The van der Waals surface area contributed by atoms with Crippen molar-refractivity contribution in [3.8, 4) is 16.8 Å². The van der Waals surface area contributed by atoms with Crippen molar-refractivity contribution in [1.29, 1.82) is 0 Å². The first-order valence-corrected chi connectivity index (χ1v) is 8.27. The van der Waals surface area contributed by atoms with E-state index >= 15 is 0 Å². The van der Waals surface area contributed by atoms with Gasteiger partial charge in [0.1, 0.15) is 0 Å². The molecule has 26 heavy (non-hydrogen) atoms. The highest BCUT2D eigenvalue weighted by molar-refractivity contribution is 5.90. The van der Waals surface area contributed by atoms with Crippen LogP contribution >= 0.6 is 0 Å². The Balaban J connectivity index is 2.15. The Labute approximate surface area is 151 Å². The third-order valence-corrected chi connectivity index (χ3v) is 4.44. The molecule has 1 atom stereocenters. The van der Waals surface area contributed by atoms with E-state index < -0.39 is 5.97 Å². The molecule has 0 spiro atoms. The van der Waals surface area contributed by atoms with E-state index in [4.69, 9.17) is 0 Å². The second-order valence-corrected chi connectivity index (χ2v) is 6.53. The van der Waals surface area contributed by atoms with Crippen LogP contribution in [0.1, 0.15) is 34.7 Å². The third kappa shape index (κ3) is 3.48. The monoisotopic (exact) mass is 351 g/mol. The van der Waals surface area contributed by atoms with E-state index in [2.05, 4.69) is 15.5 Å². The van der Waals surface area contributed by atoms with Gasteiger partial charge in [-0.2, -0.15) is 4.68 Å². The van der Waals surface area contributed by atoms with Gasteiger partial charge < -0.3 is 5.11 Å². The molecule has 2 aromatic carbocycles. The van der Waals surface area contributed by atoms with Crippen LogP contribution in [0.4, 0.5) is 0 Å². The van der Waals surface area contributed by atoms with Crippen molar-refractivity contribution in [2.24, 2.45) is 0 Å². The summed E-state index contributed by atoms with van der Waals surface area (Å²) in [5.41, 5.74) is 3.70. The Bertz CT molecular complexity index is 931. The molecule has 1 N–H and O–H groups in total. The summed E-state index contributed by atoms with van der Waals surface area (Å²) in [5, 5.41) is 21.5. The largest absolute Gasteiger partial charge is 0.478 e. The molecule has 3 aromatic rings. The zero-order valence-corrected chi connectivity index (χ0v) is 15.2. The Hall–Kier alpha value is -3.06. The molecule has 0 saturated heterocycles. The van der Waals surface area contributed by atoms with Gasteiger partial charge in [0, 0.05) is 0 Å². The van der Waals surface area contributed by atoms with Gasteiger partial charge in [0.15, 0.2) is 5.82 Å². The fraction of sp³-hybridized carbons (Fsp3) is 0.263. The maximum absolute atomic E-state index is 11.6. The molecule has 7 nitrogen and oxygen atoms in total. The highest BCUT2D eigenvalue weighted by Crippen LogP contribution is 2.26. The average Bonchev–Trinajstić information content (AvgIpc) is 3.10. The van der Waals surface area contributed by atoms with Crippen LogP contribution < -0.4 is 0 Å². The van der Waals surface area contributed by atoms with Crippen LogP contribution in [0.3, 0.4) is 0 Å². The van der Waals surface area contributed by atoms with Gasteiger partial charge in [-0.1, -0.05) is 29.8 Å². The number of aromatic carboxylic acids is 1. The standard InChI is InChI=1S/C19H21N5O2/c1-12-5-7-14(8-6-12)15-9-16(19(25)26)11-17(10-15)24-18(20-21-22-24)13(2)23(3)4/h5-11,13H,1-4H3,(H,25,26). The minimum atomic E-state index is -0.990. The molecular formula is C19H21N5O2. The quantitative estimate of drug-likeness (QED) is 0.761. The van der Waals surface area contributed by atoms with Gasteiger partial charge in [-0.15, -0.1) is 5.10 Å². The zero-order valence-electron chi connectivity index (χ0n) is 15.2. The molecule has 0 aliphatic carbocycles. The topological polar surface area (TPSA) is 84.1 Å². The van der Waals surface area contributed by atoms with Crippen LogP contribution in [0.2, 0.25) is 0 Å². The SMILES string of the molecule is Cc1ccc(-c2cc(C(=O)O)cc(-n3nnnc3C(C)N(C)C)c2)cc1. The summed E-state index contributed by atoms with van der Waals surface area (Å²) >= 11 is 0. The van der Waals surface area contributed by atoms with Crippen molar-refractivity contribution < 1.29 is 9.90 Å². The number of nitrogens with zero attached hydrogens (tertiary/aromatic N) is 5. The maximum atomic E-state index is 11.6. The molecule has 1 aromatic heterocycles. The van der Waals surface area contributed by atoms with Crippen molar-refractivity contribution in [2.45, 2.75) is 19.9 Å². The molecule has 1 unspecified atom stereocenters. The molecule has 0 amide bonds. The van der Waals surface area contributed by atoms with Crippen molar-refractivity contribution in [1.82, 2.24) is 25.1 Å². The third-order valence-electron chi connectivity index (χ3n) is 4.44. The molecule has 7 heteroatoms. The van der Waals surface area contributed by atoms with Crippen LogP contribution in [0.25, 0.3) is 16.8 Å². The number of benzene rings is 2. The molecule has 0 saturated carbocycles. The first kappa shape index (κ1) is 17.8. The van der Waals surface area contributed by atoms with Crippen molar-refractivity contribution in [2.75, 3.05) is 14.1 Å². The Morgan fingerprint density at radius 2 is 1.81 bits per heavy atom. The molecule has 0 aliphatic heterocycles. The van der Waals surface area contributed by atoms with Crippen LogP contribution in [0.5, 0.6) is 0 Å². The van der Waals surface area contributed by atoms with E-state index in [-0.39, 0.29) is 11.6 Å². The number of aromatic nitrogens is 4. The predicted molar refractivity (Wildman–Crippen MR) is 98.4 cm³/mol. The van der Waals surface area contributed by atoms with Gasteiger partial charge in [0.25, 0.3) is 0 Å². The lowest BCUT2D eigenvalue weighted by molar-refractivity contribution is 0.0697. The van der Waals surface area contributed by atoms with Crippen molar-refractivity contribution in [3.05, 3.63) is 59.4 Å². The summed E-state index contributed by atoms with van der Waals surface area (Å²) in [7, 11) is 3.88. The normalized spacial score (nSPS) is 12.3. The summed E-state index contributed by atoms with van der Waals surface area (Å²) in [6, 6.07) is 13.1.